The second kappa shape index (κ2) is 9.15. The number of aromatic nitrogens is 2. The third-order valence-corrected chi connectivity index (χ3v) is 4.85. The van der Waals surface area contributed by atoms with Crippen molar-refractivity contribution < 1.29 is 14.3 Å². The molecule has 0 amide bonds. The number of ether oxygens (including phenoxy) is 2. The summed E-state index contributed by atoms with van der Waals surface area (Å²) in [5.41, 5.74) is 2.83. The molecule has 1 heterocycles. The summed E-state index contributed by atoms with van der Waals surface area (Å²) >= 11 is 6.46. The maximum atomic E-state index is 12.1. The lowest BCUT2D eigenvalue weighted by molar-refractivity contribution is 0.0952. The molecular weight excluding hydrogens is 390 g/mol. The summed E-state index contributed by atoms with van der Waals surface area (Å²) in [6.45, 7) is 12.3. The molecule has 0 atom stereocenters. The quantitative estimate of drug-likeness (QED) is 0.354. The first-order valence-electron chi connectivity index (χ1n) is 9.47. The molecule has 0 unspecified atom stereocenters. The van der Waals surface area contributed by atoms with E-state index in [0.29, 0.717) is 28.5 Å². The molecule has 0 saturated carbocycles. The van der Waals surface area contributed by atoms with Crippen LogP contribution >= 0.6 is 11.6 Å². The van der Waals surface area contributed by atoms with Crippen LogP contribution in [0.5, 0.6) is 0 Å². The molecule has 0 aliphatic rings. The van der Waals surface area contributed by atoms with Crippen LogP contribution in [-0.4, -0.2) is 22.5 Å². The second-order valence-electron chi connectivity index (χ2n) is 7.49. The molecule has 0 radical (unpaired) electrons. The zero-order chi connectivity index (χ0) is 21.8. The summed E-state index contributed by atoms with van der Waals surface area (Å²) in [5.74, 6) is 0.0295. The van der Waals surface area contributed by atoms with Gasteiger partial charge in [0.1, 0.15) is 17.3 Å². The minimum atomic E-state index is -0.904. The van der Waals surface area contributed by atoms with Crippen molar-refractivity contribution in [1.29, 1.82) is 5.26 Å². The van der Waals surface area contributed by atoms with Crippen molar-refractivity contribution in [3.8, 4) is 6.07 Å². The maximum absolute atomic E-state index is 12.1. The summed E-state index contributed by atoms with van der Waals surface area (Å²) in [4.78, 5) is 12.1. The van der Waals surface area contributed by atoms with Crippen molar-refractivity contribution in [3.63, 3.8) is 0 Å². The average molecular weight is 416 g/mol. The molecule has 0 N–H and O–H groups in total. The Balaban J connectivity index is 2.71. The number of hydrogen-bond acceptors (Lipinski definition) is 5. The lowest BCUT2D eigenvalue weighted by Crippen LogP contribution is -2.12. The number of hydrogen-bond donors (Lipinski definition) is 0. The van der Waals surface area contributed by atoms with E-state index in [4.69, 9.17) is 21.1 Å². The number of carbonyl (C=O) groups is 1. The average Bonchev–Trinajstić information content (AvgIpc) is 2.95. The minimum absolute atomic E-state index is 0.0272. The van der Waals surface area contributed by atoms with E-state index in [0.717, 1.165) is 5.56 Å². The summed E-state index contributed by atoms with van der Waals surface area (Å²) in [7, 11) is 0. The van der Waals surface area contributed by atoms with Crippen molar-refractivity contribution in [2.75, 3.05) is 6.61 Å². The smallest absolute Gasteiger partial charge is 0.434 e. The molecule has 29 heavy (non-hydrogen) atoms. The van der Waals surface area contributed by atoms with E-state index >= 15 is 0 Å². The molecule has 0 bridgehead atoms. The van der Waals surface area contributed by atoms with Crippen LogP contribution in [0, 0.1) is 18.3 Å². The number of carbonyl (C=O) groups excluding carboxylic acids is 1. The van der Waals surface area contributed by atoms with Gasteiger partial charge in [-0.2, -0.15) is 10.4 Å². The van der Waals surface area contributed by atoms with Gasteiger partial charge in [-0.1, -0.05) is 56.6 Å². The Morgan fingerprint density at radius 2 is 1.86 bits per heavy atom. The molecule has 6 nitrogen and oxygen atoms in total. The second-order valence-corrected chi connectivity index (χ2v) is 7.87. The van der Waals surface area contributed by atoms with E-state index < -0.39 is 6.16 Å². The molecule has 0 aliphatic heterocycles. The van der Waals surface area contributed by atoms with Crippen LogP contribution in [0.3, 0.4) is 0 Å². The molecule has 0 fully saturated rings. The van der Waals surface area contributed by atoms with E-state index in [1.54, 1.807) is 18.5 Å². The molecule has 7 heteroatoms. The van der Waals surface area contributed by atoms with Gasteiger partial charge in [-0.3, -0.25) is 4.68 Å². The van der Waals surface area contributed by atoms with Gasteiger partial charge in [0, 0.05) is 6.54 Å². The summed E-state index contributed by atoms with van der Waals surface area (Å²) in [6, 6.07) is 9.74. The van der Waals surface area contributed by atoms with Crippen molar-refractivity contribution >= 4 is 29.1 Å². The fourth-order valence-corrected chi connectivity index (χ4v) is 3.06. The summed E-state index contributed by atoms with van der Waals surface area (Å²) < 4.78 is 12.0. The number of aryl methyl sites for hydroxylation is 2. The summed E-state index contributed by atoms with van der Waals surface area (Å²) in [5, 5.41) is 14.6. The number of benzene rings is 1. The Bertz CT molecular complexity index is 961. The van der Waals surface area contributed by atoms with Gasteiger partial charge in [0.15, 0.2) is 5.76 Å². The highest BCUT2D eigenvalue weighted by molar-refractivity contribution is 6.33. The highest BCUT2D eigenvalue weighted by atomic mass is 35.5. The first-order valence-corrected chi connectivity index (χ1v) is 9.84. The Labute approximate surface area is 176 Å². The Hall–Kier alpha value is -2.78. The van der Waals surface area contributed by atoms with E-state index in [1.807, 2.05) is 31.2 Å². The molecular formula is C22H26ClN3O3. The van der Waals surface area contributed by atoms with Crippen molar-refractivity contribution in [3.05, 3.63) is 51.8 Å². The zero-order valence-electron chi connectivity index (χ0n) is 17.7. The predicted octanol–water partition coefficient (Wildman–Crippen LogP) is 5.73. The molecule has 2 rings (SSSR count). The normalized spacial score (nSPS) is 12.2. The number of allylic oxidation sites excluding steroid dienone is 1. The minimum Gasteiger partial charge on any atom is -0.434 e. The predicted molar refractivity (Wildman–Crippen MR) is 113 cm³/mol. The zero-order valence-corrected chi connectivity index (χ0v) is 18.4. The van der Waals surface area contributed by atoms with Crippen LogP contribution in [0.1, 0.15) is 57.1 Å². The largest absolute Gasteiger partial charge is 0.513 e. The van der Waals surface area contributed by atoms with Gasteiger partial charge in [0.2, 0.25) is 0 Å². The molecule has 154 valence electrons. The van der Waals surface area contributed by atoms with Crippen LogP contribution in [0.25, 0.3) is 11.3 Å². The highest BCUT2D eigenvalue weighted by Crippen LogP contribution is 2.34. The van der Waals surface area contributed by atoms with Crippen molar-refractivity contribution in [1.82, 2.24) is 9.78 Å². The molecule has 0 saturated heterocycles. The van der Waals surface area contributed by atoms with Crippen LogP contribution in [0.15, 0.2) is 24.3 Å². The molecule has 0 aliphatic carbocycles. The standard InChI is InChI=1S/C22H26ClN3O3/c1-7-26-19(18(23)14(3)25-26)20(29-21(27)28-8-2)17(13-24)15-9-11-16(12-10-15)22(4,5)6/h9-12H,7-8H2,1-6H3. The first-order chi connectivity index (χ1) is 13.6. The highest BCUT2D eigenvalue weighted by Gasteiger charge is 2.26. The maximum Gasteiger partial charge on any atom is 0.513 e. The van der Waals surface area contributed by atoms with E-state index in [9.17, 15) is 10.1 Å². The third-order valence-electron chi connectivity index (χ3n) is 4.40. The van der Waals surface area contributed by atoms with Gasteiger partial charge < -0.3 is 9.47 Å². The Kier molecular flexibility index (Phi) is 7.10. The summed E-state index contributed by atoms with van der Waals surface area (Å²) in [6.07, 6.45) is -0.904. The Morgan fingerprint density at radius 3 is 2.34 bits per heavy atom. The molecule has 2 aromatic rings. The van der Waals surface area contributed by atoms with Crippen LogP contribution in [0.2, 0.25) is 5.02 Å². The van der Waals surface area contributed by atoms with E-state index in [-0.39, 0.29) is 23.4 Å². The van der Waals surface area contributed by atoms with Crippen LogP contribution in [-0.2, 0) is 21.4 Å². The number of nitrogens with zero attached hydrogens (tertiary/aromatic N) is 3. The lowest BCUT2D eigenvalue weighted by atomic mass is 9.86. The molecule has 1 aromatic carbocycles. The Morgan fingerprint density at radius 1 is 1.24 bits per heavy atom. The SMILES string of the molecule is CCOC(=O)OC(=C(C#N)c1ccc(C(C)(C)C)cc1)c1c(Cl)c(C)nn1CC. The van der Waals surface area contributed by atoms with E-state index in [1.165, 1.54) is 0 Å². The van der Waals surface area contributed by atoms with Gasteiger partial charge in [-0.05, 0) is 37.3 Å². The topological polar surface area (TPSA) is 77.1 Å². The van der Waals surface area contributed by atoms with Gasteiger partial charge in [0.05, 0.1) is 17.3 Å². The molecule has 1 aromatic heterocycles. The van der Waals surface area contributed by atoms with Crippen LogP contribution < -0.4 is 0 Å². The van der Waals surface area contributed by atoms with Crippen molar-refractivity contribution in [2.45, 2.75) is 53.5 Å². The lowest BCUT2D eigenvalue weighted by Gasteiger charge is -2.19. The fraction of sp³-hybridized carbons (Fsp3) is 0.409. The van der Waals surface area contributed by atoms with Gasteiger partial charge in [-0.15, -0.1) is 0 Å². The first kappa shape index (κ1) is 22.5. The monoisotopic (exact) mass is 415 g/mol. The van der Waals surface area contributed by atoms with Crippen LogP contribution in [0.4, 0.5) is 4.79 Å². The number of halogens is 1. The van der Waals surface area contributed by atoms with Crippen molar-refractivity contribution in [2.24, 2.45) is 0 Å². The fourth-order valence-electron chi connectivity index (χ4n) is 2.84. The number of nitriles is 1. The van der Waals surface area contributed by atoms with Gasteiger partial charge >= 0.3 is 6.16 Å². The van der Waals surface area contributed by atoms with Gasteiger partial charge in [-0.25, -0.2) is 4.79 Å². The molecule has 0 spiro atoms. The third kappa shape index (κ3) is 4.99. The van der Waals surface area contributed by atoms with Gasteiger partial charge in [0.25, 0.3) is 0 Å². The van der Waals surface area contributed by atoms with E-state index in [2.05, 4.69) is 31.9 Å². The number of rotatable bonds is 5.